The topological polar surface area (TPSA) is 76.4 Å². The number of ether oxygens (including phenoxy) is 1. The maximum Gasteiger partial charge on any atom is 0.257 e. The minimum absolute atomic E-state index is 0.00268. The fourth-order valence-corrected chi connectivity index (χ4v) is 3.56. The van der Waals surface area contributed by atoms with Gasteiger partial charge in [0.05, 0.1) is 16.7 Å². The number of nitrogens with zero attached hydrogens (tertiary/aromatic N) is 1. The van der Waals surface area contributed by atoms with Gasteiger partial charge in [0.2, 0.25) is 5.89 Å². The zero-order chi connectivity index (χ0) is 23.5. The largest absolute Gasteiger partial charge is 0.491 e. The van der Waals surface area contributed by atoms with Crippen LogP contribution >= 0.6 is 23.8 Å². The Balaban J connectivity index is 1.46. The van der Waals surface area contributed by atoms with Crippen LogP contribution in [0.1, 0.15) is 24.2 Å². The van der Waals surface area contributed by atoms with E-state index in [0.29, 0.717) is 33.7 Å². The number of amides is 1. The molecule has 168 valence electrons. The number of rotatable bonds is 5. The number of nitrogens with one attached hydrogen (secondary N) is 2. The lowest BCUT2D eigenvalue weighted by Gasteiger charge is -2.12. The van der Waals surface area contributed by atoms with Gasteiger partial charge in [-0.05, 0) is 80.7 Å². The Labute approximate surface area is 199 Å². The minimum atomic E-state index is -0.443. The van der Waals surface area contributed by atoms with Crippen LogP contribution in [0.2, 0.25) is 5.02 Å². The summed E-state index contributed by atoms with van der Waals surface area (Å²) in [5, 5.41) is 5.93. The highest BCUT2D eigenvalue weighted by molar-refractivity contribution is 7.80. The molecular formula is C24H19ClFN3O3S. The molecule has 0 aliphatic rings. The summed E-state index contributed by atoms with van der Waals surface area (Å²) < 4.78 is 24.7. The van der Waals surface area contributed by atoms with E-state index in [9.17, 15) is 9.18 Å². The van der Waals surface area contributed by atoms with E-state index in [0.717, 1.165) is 0 Å². The molecule has 0 unspecified atom stereocenters. The molecule has 0 saturated heterocycles. The fourth-order valence-electron chi connectivity index (χ4n) is 3.10. The molecule has 33 heavy (non-hydrogen) atoms. The van der Waals surface area contributed by atoms with Crippen molar-refractivity contribution in [2.45, 2.75) is 20.0 Å². The summed E-state index contributed by atoms with van der Waals surface area (Å²) in [4.78, 5) is 17.0. The molecule has 0 aliphatic heterocycles. The van der Waals surface area contributed by atoms with Crippen molar-refractivity contribution < 1.29 is 18.3 Å². The zero-order valence-corrected chi connectivity index (χ0v) is 19.3. The Morgan fingerprint density at radius 2 is 1.97 bits per heavy atom. The second kappa shape index (κ2) is 9.56. The lowest BCUT2D eigenvalue weighted by Crippen LogP contribution is -2.34. The van der Waals surface area contributed by atoms with Crippen LogP contribution < -0.4 is 15.4 Å². The number of carbonyl (C=O) groups is 1. The van der Waals surface area contributed by atoms with Gasteiger partial charge in [-0.25, -0.2) is 9.37 Å². The van der Waals surface area contributed by atoms with E-state index in [1.165, 1.54) is 18.2 Å². The highest BCUT2D eigenvalue weighted by atomic mass is 35.5. The molecule has 3 aromatic carbocycles. The molecular weight excluding hydrogens is 465 g/mol. The van der Waals surface area contributed by atoms with Gasteiger partial charge in [0.25, 0.3) is 5.91 Å². The summed E-state index contributed by atoms with van der Waals surface area (Å²) in [7, 11) is 0. The molecule has 4 aromatic rings. The summed E-state index contributed by atoms with van der Waals surface area (Å²) in [6, 6.07) is 16.0. The van der Waals surface area contributed by atoms with E-state index in [4.69, 9.17) is 33.0 Å². The molecule has 0 spiro atoms. The second-order valence-electron chi connectivity index (χ2n) is 7.43. The van der Waals surface area contributed by atoms with Gasteiger partial charge >= 0.3 is 0 Å². The number of hydrogen-bond donors (Lipinski definition) is 2. The van der Waals surface area contributed by atoms with E-state index in [-0.39, 0.29) is 28.0 Å². The lowest BCUT2D eigenvalue weighted by atomic mass is 10.2. The van der Waals surface area contributed by atoms with Crippen molar-refractivity contribution in [2.24, 2.45) is 0 Å². The molecule has 4 rings (SSSR count). The smallest absolute Gasteiger partial charge is 0.257 e. The molecule has 0 bridgehead atoms. The first-order chi connectivity index (χ1) is 15.8. The first-order valence-electron chi connectivity index (χ1n) is 10.0. The van der Waals surface area contributed by atoms with Gasteiger partial charge in [0.15, 0.2) is 10.7 Å². The van der Waals surface area contributed by atoms with Crippen LogP contribution in [-0.4, -0.2) is 22.1 Å². The Bertz CT molecular complexity index is 1360. The van der Waals surface area contributed by atoms with Crippen molar-refractivity contribution in [1.82, 2.24) is 10.3 Å². The normalized spacial score (nSPS) is 10.9. The SMILES string of the molecule is CC(C)Oc1cccc(C(=O)NC(=S)Nc2ccc3oc(-c4ccc(F)cc4Cl)nc3c2)c1. The summed E-state index contributed by atoms with van der Waals surface area (Å²) >= 11 is 11.4. The van der Waals surface area contributed by atoms with Crippen molar-refractivity contribution in [3.63, 3.8) is 0 Å². The van der Waals surface area contributed by atoms with Crippen molar-refractivity contribution in [3.05, 3.63) is 77.1 Å². The van der Waals surface area contributed by atoms with Crippen LogP contribution in [0.25, 0.3) is 22.6 Å². The van der Waals surface area contributed by atoms with Gasteiger partial charge < -0.3 is 14.5 Å². The van der Waals surface area contributed by atoms with E-state index in [1.54, 1.807) is 42.5 Å². The third-order valence-electron chi connectivity index (χ3n) is 4.50. The molecule has 9 heteroatoms. The third kappa shape index (κ3) is 5.47. The van der Waals surface area contributed by atoms with Crippen LogP contribution in [0.5, 0.6) is 5.75 Å². The Hall–Kier alpha value is -3.49. The van der Waals surface area contributed by atoms with Gasteiger partial charge in [-0.1, -0.05) is 17.7 Å². The molecule has 1 amide bonds. The summed E-state index contributed by atoms with van der Waals surface area (Å²) in [6.07, 6.45) is -0.00268. The number of halogens is 2. The van der Waals surface area contributed by atoms with Crippen LogP contribution in [0.3, 0.4) is 0 Å². The summed E-state index contributed by atoms with van der Waals surface area (Å²) in [5.41, 5.74) is 2.57. The average molecular weight is 484 g/mol. The van der Waals surface area contributed by atoms with Crippen LogP contribution in [0.4, 0.5) is 10.1 Å². The fraction of sp³-hybridized carbons (Fsp3) is 0.125. The van der Waals surface area contributed by atoms with E-state index in [1.807, 2.05) is 13.8 Å². The standard InChI is InChI=1S/C24H19ClFN3O3S/c1-13(2)31-17-5-3-4-14(10-17)22(30)29-24(33)27-16-7-9-21-20(12-16)28-23(32-21)18-8-6-15(26)11-19(18)25/h3-13H,1-2H3,(H2,27,29,30,33). The molecule has 0 atom stereocenters. The first kappa shape index (κ1) is 22.7. The van der Waals surface area contributed by atoms with Crippen molar-refractivity contribution in [3.8, 4) is 17.2 Å². The van der Waals surface area contributed by atoms with E-state index in [2.05, 4.69) is 15.6 Å². The molecule has 2 N–H and O–H groups in total. The van der Waals surface area contributed by atoms with Gasteiger partial charge in [0, 0.05) is 11.3 Å². The number of thiocarbonyl (C=S) groups is 1. The number of oxazole rings is 1. The Kier molecular flexibility index (Phi) is 6.57. The molecule has 0 fully saturated rings. The van der Waals surface area contributed by atoms with Gasteiger partial charge in [0.1, 0.15) is 17.1 Å². The second-order valence-corrected chi connectivity index (χ2v) is 8.24. The maximum atomic E-state index is 13.3. The van der Waals surface area contributed by atoms with Gasteiger partial charge in [-0.3, -0.25) is 10.1 Å². The number of anilines is 1. The van der Waals surface area contributed by atoms with Crippen LogP contribution in [0, 0.1) is 5.82 Å². The van der Waals surface area contributed by atoms with Gasteiger partial charge in [-0.15, -0.1) is 0 Å². The summed E-state index contributed by atoms with van der Waals surface area (Å²) in [5.74, 6) is 0.0649. The predicted molar refractivity (Wildman–Crippen MR) is 130 cm³/mol. The minimum Gasteiger partial charge on any atom is -0.491 e. The van der Waals surface area contributed by atoms with Crippen LogP contribution in [0.15, 0.2) is 65.1 Å². The zero-order valence-electron chi connectivity index (χ0n) is 17.7. The van der Waals surface area contributed by atoms with Crippen LogP contribution in [-0.2, 0) is 0 Å². The Morgan fingerprint density at radius 3 is 2.73 bits per heavy atom. The highest BCUT2D eigenvalue weighted by Gasteiger charge is 2.14. The van der Waals surface area contributed by atoms with E-state index >= 15 is 0 Å². The number of fused-ring (bicyclic) bond motifs is 1. The predicted octanol–water partition coefficient (Wildman–Crippen LogP) is 6.20. The third-order valence-corrected chi connectivity index (χ3v) is 5.02. The quantitative estimate of drug-likeness (QED) is 0.329. The van der Waals surface area contributed by atoms with Crippen molar-refractivity contribution in [1.29, 1.82) is 0 Å². The first-order valence-corrected chi connectivity index (χ1v) is 10.8. The van der Waals surface area contributed by atoms with E-state index < -0.39 is 5.82 Å². The maximum absolute atomic E-state index is 13.3. The number of hydrogen-bond acceptors (Lipinski definition) is 5. The molecule has 0 saturated carbocycles. The molecule has 1 aromatic heterocycles. The molecule has 1 heterocycles. The molecule has 0 radical (unpaired) electrons. The number of aromatic nitrogens is 1. The highest BCUT2D eigenvalue weighted by Crippen LogP contribution is 2.31. The Morgan fingerprint density at radius 1 is 1.15 bits per heavy atom. The van der Waals surface area contributed by atoms with Gasteiger partial charge in [-0.2, -0.15) is 0 Å². The number of carbonyl (C=O) groups excluding carboxylic acids is 1. The average Bonchev–Trinajstić information content (AvgIpc) is 3.16. The van der Waals surface area contributed by atoms with Crippen molar-refractivity contribution >= 4 is 51.6 Å². The molecule has 6 nitrogen and oxygen atoms in total. The molecule has 0 aliphatic carbocycles. The monoisotopic (exact) mass is 483 g/mol. The number of benzene rings is 3. The lowest BCUT2D eigenvalue weighted by molar-refractivity contribution is 0.0977. The summed E-state index contributed by atoms with van der Waals surface area (Å²) in [6.45, 7) is 3.82. The van der Waals surface area contributed by atoms with Crippen molar-refractivity contribution in [2.75, 3.05) is 5.32 Å².